The number of carbonyl (C=O) groups is 1. The van der Waals surface area contributed by atoms with E-state index in [1.165, 1.54) is 6.07 Å². The highest BCUT2D eigenvalue weighted by molar-refractivity contribution is 5.75. The summed E-state index contributed by atoms with van der Waals surface area (Å²) in [5.74, 6) is -1.65. The quantitative estimate of drug-likeness (QED) is 0.841. The largest absolute Gasteiger partial charge is 0.345 e. The maximum atomic E-state index is 13.1. The summed E-state index contributed by atoms with van der Waals surface area (Å²) in [4.78, 5) is 13.7. The Morgan fingerprint density at radius 1 is 1.29 bits per heavy atom. The van der Waals surface area contributed by atoms with Gasteiger partial charge >= 0.3 is 0 Å². The molecule has 2 N–H and O–H groups in total. The predicted octanol–water partition coefficient (Wildman–Crippen LogP) is 2.73. The van der Waals surface area contributed by atoms with Gasteiger partial charge in [-0.05, 0) is 42.5 Å². The van der Waals surface area contributed by atoms with Crippen molar-refractivity contribution in [3.8, 4) is 0 Å². The SMILES string of the molecule is CN(CC(C)(C)CN)C(=O)CCCc1ccc(F)c(F)c1. The Morgan fingerprint density at radius 2 is 1.95 bits per heavy atom. The zero-order valence-corrected chi connectivity index (χ0v) is 13.0. The lowest BCUT2D eigenvalue weighted by atomic mass is 9.93. The monoisotopic (exact) mass is 298 g/mol. The molecule has 1 rings (SSSR count). The Kier molecular flexibility index (Phi) is 6.27. The maximum Gasteiger partial charge on any atom is 0.222 e. The molecular formula is C16H24F2N2O. The molecule has 1 aromatic rings. The molecule has 0 saturated carbocycles. The average molecular weight is 298 g/mol. The number of halogens is 2. The zero-order chi connectivity index (χ0) is 16.0. The number of amides is 1. The molecule has 0 aliphatic heterocycles. The van der Waals surface area contributed by atoms with Gasteiger partial charge in [0.15, 0.2) is 11.6 Å². The van der Waals surface area contributed by atoms with Gasteiger partial charge in [0.2, 0.25) is 5.91 Å². The van der Waals surface area contributed by atoms with Gasteiger partial charge in [-0.25, -0.2) is 8.78 Å². The molecule has 5 heteroatoms. The first kappa shape index (κ1) is 17.6. The van der Waals surface area contributed by atoms with Crippen LogP contribution in [0.25, 0.3) is 0 Å². The van der Waals surface area contributed by atoms with Crippen molar-refractivity contribution < 1.29 is 13.6 Å². The summed E-state index contributed by atoms with van der Waals surface area (Å²) in [7, 11) is 1.76. The van der Waals surface area contributed by atoms with E-state index >= 15 is 0 Å². The van der Waals surface area contributed by atoms with Crippen molar-refractivity contribution >= 4 is 5.91 Å². The molecule has 21 heavy (non-hydrogen) atoms. The molecule has 0 radical (unpaired) electrons. The molecule has 0 aliphatic rings. The van der Waals surface area contributed by atoms with Crippen LogP contribution in [0.1, 0.15) is 32.3 Å². The lowest BCUT2D eigenvalue weighted by Crippen LogP contribution is -2.39. The smallest absolute Gasteiger partial charge is 0.222 e. The third-order valence-electron chi connectivity index (χ3n) is 3.48. The van der Waals surface area contributed by atoms with Crippen LogP contribution in [-0.4, -0.2) is 30.9 Å². The van der Waals surface area contributed by atoms with Crippen LogP contribution in [0, 0.1) is 17.0 Å². The molecule has 0 aromatic heterocycles. The van der Waals surface area contributed by atoms with Crippen molar-refractivity contribution in [2.75, 3.05) is 20.1 Å². The van der Waals surface area contributed by atoms with E-state index in [-0.39, 0.29) is 11.3 Å². The van der Waals surface area contributed by atoms with Crippen molar-refractivity contribution in [2.24, 2.45) is 11.1 Å². The standard InChI is InChI=1S/C16H24F2N2O/c1-16(2,10-19)11-20(3)15(21)6-4-5-12-7-8-13(17)14(18)9-12/h7-9H,4-6,10-11,19H2,1-3H3. The van der Waals surface area contributed by atoms with Crippen LogP contribution < -0.4 is 5.73 Å². The number of rotatable bonds is 7. The van der Waals surface area contributed by atoms with Crippen LogP contribution in [0.4, 0.5) is 8.78 Å². The number of hydrogen-bond acceptors (Lipinski definition) is 2. The van der Waals surface area contributed by atoms with Gasteiger partial charge in [0.05, 0.1) is 0 Å². The molecular weight excluding hydrogens is 274 g/mol. The Morgan fingerprint density at radius 3 is 2.52 bits per heavy atom. The number of hydrogen-bond donors (Lipinski definition) is 1. The molecule has 0 fully saturated rings. The first-order valence-corrected chi connectivity index (χ1v) is 7.13. The minimum absolute atomic E-state index is 0.0408. The Balaban J connectivity index is 2.41. The molecule has 0 spiro atoms. The fraction of sp³-hybridized carbons (Fsp3) is 0.562. The van der Waals surface area contributed by atoms with E-state index in [4.69, 9.17) is 5.73 Å². The molecule has 1 amide bonds. The van der Waals surface area contributed by atoms with Crippen LogP contribution in [0.2, 0.25) is 0 Å². The summed E-state index contributed by atoms with van der Waals surface area (Å²) in [6.45, 7) is 5.14. The van der Waals surface area contributed by atoms with Crippen molar-refractivity contribution in [3.63, 3.8) is 0 Å². The number of aryl methyl sites for hydroxylation is 1. The molecule has 1 aromatic carbocycles. The van der Waals surface area contributed by atoms with Crippen LogP contribution in [0.5, 0.6) is 0 Å². The average Bonchev–Trinajstić information content (AvgIpc) is 2.42. The van der Waals surface area contributed by atoms with E-state index in [0.717, 1.165) is 6.07 Å². The maximum absolute atomic E-state index is 13.1. The Bertz CT molecular complexity index is 489. The molecule has 0 aliphatic carbocycles. The third kappa shape index (κ3) is 5.79. The zero-order valence-electron chi connectivity index (χ0n) is 13.0. The highest BCUT2D eigenvalue weighted by Crippen LogP contribution is 2.15. The molecule has 0 saturated heterocycles. The molecule has 3 nitrogen and oxygen atoms in total. The van der Waals surface area contributed by atoms with Crippen LogP contribution in [0.15, 0.2) is 18.2 Å². The summed E-state index contributed by atoms with van der Waals surface area (Å²) in [5, 5.41) is 0. The van der Waals surface area contributed by atoms with E-state index < -0.39 is 11.6 Å². The second-order valence-electron chi connectivity index (χ2n) is 6.22. The first-order valence-electron chi connectivity index (χ1n) is 7.13. The van der Waals surface area contributed by atoms with Crippen molar-refractivity contribution in [1.82, 2.24) is 4.90 Å². The second kappa shape index (κ2) is 7.50. The lowest BCUT2D eigenvalue weighted by Gasteiger charge is -2.29. The van der Waals surface area contributed by atoms with E-state index in [1.54, 1.807) is 18.0 Å². The summed E-state index contributed by atoms with van der Waals surface area (Å²) < 4.78 is 25.9. The van der Waals surface area contributed by atoms with Crippen LogP contribution in [0.3, 0.4) is 0 Å². The highest BCUT2D eigenvalue weighted by atomic mass is 19.2. The van der Waals surface area contributed by atoms with Gasteiger partial charge in [0.25, 0.3) is 0 Å². The van der Waals surface area contributed by atoms with Crippen molar-refractivity contribution in [3.05, 3.63) is 35.4 Å². The Labute approximate surface area is 125 Å². The van der Waals surface area contributed by atoms with Gasteiger partial charge in [-0.15, -0.1) is 0 Å². The fourth-order valence-electron chi connectivity index (χ4n) is 2.12. The number of carbonyl (C=O) groups excluding carboxylic acids is 1. The summed E-state index contributed by atoms with van der Waals surface area (Å²) in [5.41, 5.74) is 6.25. The molecule has 0 unspecified atom stereocenters. The lowest BCUT2D eigenvalue weighted by molar-refractivity contribution is -0.131. The number of nitrogens with zero attached hydrogens (tertiary/aromatic N) is 1. The molecule has 0 bridgehead atoms. The van der Waals surface area contributed by atoms with E-state index in [9.17, 15) is 13.6 Å². The second-order valence-corrected chi connectivity index (χ2v) is 6.22. The molecule has 0 atom stereocenters. The first-order chi connectivity index (χ1) is 9.75. The van der Waals surface area contributed by atoms with Crippen LogP contribution in [-0.2, 0) is 11.2 Å². The minimum Gasteiger partial charge on any atom is -0.345 e. The van der Waals surface area contributed by atoms with Crippen molar-refractivity contribution in [1.29, 1.82) is 0 Å². The van der Waals surface area contributed by atoms with Gasteiger partial charge in [0, 0.05) is 20.0 Å². The van der Waals surface area contributed by atoms with Gasteiger partial charge in [-0.3, -0.25) is 4.79 Å². The van der Waals surface area contributed by atoms with Gasteiger partial charge in [0.1, 0.15) is 0 Å². The summed E-state index contributed by atoms with van der Waals surface area (Å²) in [6, 6.07) is 3.84. The minimum atomic E-state index is -0.849. The van der Waals surface area contributed by atoms with Crippen molar-refractivity contribution in [2.45, 2.75) is 33.1 Å². The summed E-state index contributed by atoms with van der Waals surface area (Å²) >= 11 is 0. The van der Waals surface area contributed by atoms with Gasteiger partial charge in [-0.1, -0.05) is 19.9 Å². The summed E-state index contributed by atoms with van der Waals surface area (Å²) in [6.07, 6.45) is 1.55. The van der Waals surface area contributed by atoms with E-state index in [1.807, 2.05) is 13.8 Å². The number of benzene rings is 1. The topological polar surface area (TPSA) is 46.3 Å². The van der Waals surface area contributed by atoms with Crippen LogP contribution >= 0.6 is 0 Å². The predicted molar refractivity (Wildman–Crippen MR) is 79.8 cm³/mol. The van der Waals surface area contributed by atoms with Gasteiger partial charge < -0.3 is 10.6 Å². The normalized spacial score (nSPS) is 11.5. The third-order valence-corrected chi connectivity index (χ3v) is 3.48. The molecule has 0 heterocycles. The number of nitrogens with two attached hydrogens (primary N) is 1. The fourth-order valence-corrected chi connectivity index (χ4v) is 2.12. The van der Waals surface area contributed by atoms with E-state index in [0.29, 0.717) is 37.9 Å². The van der Waals surface area contributed by atoms with Gasteiger partial charge in [-0.2, -0.15) is 0 Å². The highest BCUT2D eigenvalue weighted by Gasteiger charge is 2.20. The Hall–Kier alpha value is -1.49. The molecule has 118 valence electrons. The van der Waals surface area contributed by atoms with E-state index in [2.05, 4.69) is 0 Å².